The van der Waals surface area contributed by atoms with Gasteiger partial charge in [-0.05, 0) is 18.2 Å². The number of aromatic amines is 1. The van der Waals surface area contributed by atoms with Crippen molar-refractivity contribution in [2.24, 2.45) is 7.05 Å². The molecule has 1 aromatic carbocycles. The molecule has 6 nitrogen and oxygen atoms in total. The van der Waals surface area contributed by atoms with E-state index in [4.69, 9.17) is 0 Å². The van der Waals surface area contributed by atoms with Crippen LogP contribution < -0.4 is 5.32 Å². The molecule has 0 saturated carbocycles. The first-order chi connectivity index (χ1) is 10.0. The molecule has 3 rings (SSSR count). The second-order valence-electron chi connectivity index (χ2n) is 4.51. The third-order valence-corrected chi connectivity index (χ3v) is 2.93. The van der Waals surface area contributed by atoms with Gasteiger partial charge in [-0.1, -0.05) is 0 Å². The zero-order valence-corrected chi connectivity index (χ0v) is 11.0. The average Bonchev–Trinajstić information content (AvgIpc) is 3.04. The van der Waals surface area contributed by atoms with Crippen molar-refractivity contribution in [1.29, 1.82) is 0 Å². The minimum absolute atomic E-state index is 0.323. The van der Waals surface area contributed by atoms with Crippen molar-refractivity contribution < 1.29 is 13.6 Å². The van der Waals surface area contributed by atoms with Crippen LogP contribution in [0.25, 0.3) is 11.0 Å². The van der Waals surface area contributed by atoms with E-state index in [0.29, 0.717) is 22.3 Å². The number of H-pyrrole nitrogens is 1. The van der Waals surface area contributed by atoms with Gasteiger partial charge in [0.1, 0.15) is 0 Å². The molecular weight excluding hydrogens is 280 g/mol. The third kappa shape index (κ3) is 2.60. The van der Waals surface area contributed by atoms with Gasteiger partial charge in [0, 0.05) is 18.9 Å². The number of nitrogens with one attached hydrogen (secondary N) is 2. The molecule has 0 radical (unpaired) electrons. The summed E-state index contributed by atoms with van der Waals surface area (Å²) in [6.07, 6.45) is 0.364. The molecule has 1 amide bonds. The number of hydrogen-bond acceptors (Lipinski definition) is 3. The lowest BCUT2D eigenvalue weighted by molar-refractivity contribution is 0.102. The molecule has 0 aliphatic carbocycles. The van der Waals surface area contributed by atoms with E-state index in [9.17, 15) is 13.6 Å². The third-order valence-electron chi connectivity index (χ3n) is 2.93. The molecule has 0 aliphatic heterocycles. The van der Waals surface area contributed by atoms with Crippen LogP contribution in [0.15, 0.2) is 30.6 Å². The Morgan fingerprint density at radius 3 is 2.90 bits per heavy atom. The summed E-state index contributed by atoms with van der Waals surface area (Å²) in [6.45, 7) is 0. The quantitative estimate of drug-likeness (QED) is 0.778. The number of aromatic nitrogens is 4. The van der Waals surface area contributed by atoms with Gasteiger partial charge in [-0.15, -0.1) is 0 Å². The van der Waals surface area contributed by atoms with Crippen LogP contribution in [-0.4, -0.2) is 25.7 Å². The molecule has 2 aromatic heterocycles. The first kappa shape index (κ1) is 13.2. The zero-order valence-electron chi connectivity index (χ0n) is 11.0. The molecule has 0 unspecified atom stereocenters. The summed E-state index contributed by atoms with van der Waals surface area (Å²) in [6, 6.07) is 4.73. The van der Waals surface area contributed by atoms with Crippen LogP contribution in [-0.2, 0) is 7.05 Å². The summed E-state index contributed by atoms with van der Waals surface area (Å²) < 4.78 is 26.6. The number of amides is 1. The fourth-order valence-corrected chi connectivity index (χ4v) is 1.95. The van der Waals surface area contributed by atoms with E-state index in [1.165, 1.54) is 10.9 Å². The number of benzene rings is 1. The van der Waals surface area contributed by atoms with Gasteiger partial charge in [0.25, 0.3) is 12.3 Å². The molecule has 2 N–H and O–H groups in total. The van der Waals surface area contributed by atoms with Crippen molar-refractivity contribution >= 4 is 22.6 Å². The Hall–Kier alpha value is -2.77. The number of aryl methyl sites for hydroxylation is 1. The molecule has 0 atom stereocenters. The number of fused-ring (bicyclic) bond motifs is 1. The fourth-order valence-electron chi connectivity index (χ4n) is 1.95. The van der Waals surface area contributed by atoms with Gasteiger partial charge in [-0.3, -0.25) is 9.48 Å². The van der Waals surface area contributed by atoms with E-state index < -0.39 is 6.43 Å². The highest BCUT2D eigenvalue weighted by Crippen LogP contribution is 2.22. The Morgan fingerprint density at radius 1 is 1.43 bits per heavy atom. The normalized spacial score (nSPS) is 11.2. The van der Waals surface area contributed by atoms with Crippen molar-refractivity contribution in [3.05, 3.63) is 42.0 Å². The number of hydrogen-bond donors (Lipinski definition) is 2. The maximum absolute atomic E-state index is 12.6. The molecule has 0 bridgehead atoms. The van der Waals surface area contributed by atoms with Crippen molar-refractivity contribution in [3.63, 3.8) is 0 Å². The molecule has 0 spiro atoms. The van der Waals surface area contributed by atoms with Gasteiger partial charge >= 0.3 is 0 Å². The highest BCUT2D eigenvalue weighted by molar-refractivity contribution is 6.04. The van der Waals surface area contributed by atoms with Gasteiger partial charge in [0.05, 0.1) is 22.8 Å². The topological polar surface area (TPSA) is 75.6 Å². The van der Waals surface area contributed by atoms with Gasteiger partial charge in [0.2, 0.25) is 0 Å². The Labute approximate surface area is 117 Å². The number of nitrogens with zero attached hydrogens (tertiary/aromatic N) is 3. The van der Waals surface area contributed by atoms with Gasteiger partial charge in [0.15, 0.2) is 5.82 Å². The number of anilines is 1. The van der Waals surface area contributed by atoms with Crippen molar-refractivity contribution in [3.8, 4) is 0 Å². The van der Waals surface area contributed by atoms with Crippen LogP contribution in [0.2, 0.25) is 0 Å². The molecular formula is C13H11F2N5O. The lowest BCUT2D eigenvalue weighted by atomic mass is 10.2. The first-order valence-electron chi connectivity index (χ1n) is 6.11. The highest BCUT2D eigenvalue weighted by Gasteiger charge is 2.13. The minimum Gasteiger partial charge on any atom is -0.337 e. The van der Waals surface area contributed by atoms with E-state index in [1.807, 2.05) is 0 Å². The summed E-state index contributed by atoms with van der Waals surface area (Å²) >= 11 is 0. The van der Waals surface area contributed by atoms with Gasteiger partial charge in [-0.25, -0.2) is 13.8 Å². The van der Waals surface area contributed by atoms with E-state index in [2.05, 4.69) is 20.4 Å². The first-order valence-corrected chi connectivity index (χ1v) is 6.11. The number of imidazole rings is 1. The summed E-state index contributed by atoms with van der Waals surface area (Å²) in [5, 5.41) is 6.58. The lowest BCUT2D eigenvalue weighted by Gasteiger charge is -2.02. The van der Waals surface area contributed by atoms with Crippen LogP contribution in [0.3, 0.4) is 0 Å². The number of carbonyl (C=O) groups excluding carboxylic acids is 1. The number of rotatable bonds is 3. The maximum atomic E-state index is 12.6. The molecule has 0 fully saturated rings. The van der Waals surface area contributed by atoms with Crippen LogP contribution in [0.1, 0.15) is 22.6 Å². The number of carbonyl (C=O) groups is 1. The molecule has 108 valence electrons. The van der Waals surface area contributed by atoms with E-state index in [-0.39, 0.29) is 11.7 Å². The smallest absolute Gasteiger partial charge is 0.295 e. The number of halogens is 2. The Morgan fingerprint density at radius 2 is 2.24 bits per heavy atom. The molecule has 8 heteroatoms. The monoisotopic (exact) mass is 291 g/mol. The molecule has 21 heavy (non-hydrogen) atoms. The standard InChI is InChI=1S/C13H11F2N5O/c1-20-6-7(5-16-20)13(21)17-8-2-3-9-10(4-8)19-12(18-9)11(14)15/h2-6,11H,1H3,(H,17,21)(H,18,19). The van der Waals surface area contributed by atoms with Gasteiger partial charge in [-0.2, -0.15) is 5.10 Å². The summed E-state index contributed by atoms with van der Waals surface area (Å²) in [5.74, 6) is -0.711. The average molecular weight is 291 g/mol. The predicted octanol–water partition coefficient (Wildman–Crippen LogP) is 2.49. The number of alkyl halides is 2. The lowest BCUT2D eigenvalue weighted by Crippen LogP contribution is -2.10. The maximum Gasteiger partial charge on any atom is 0.295 e. The van der Waals surface area contributed by atoms with E-state index in [1.54, 1.807) is 31.4 Å². The largest absolute Gasteiger partial charge is 0.337 e. The van der Waals surface area contributed by atoms with E-state index >= 15 is 0 Å². The van der Waals surface area contributed by atoms with Crippen molar-refractivity contribution in [1.82, 2.24) is 19.7 Å². The minimum atomic E-state index is -2.66. The second-order valence-corrected chi connectivity index (χ2v) is 4.51. The van der Waals surface area contributed by atoms with E-state index in [0.717, 1.165) is 0 Å². The molecule has 0 saturated heterocycles. The zero-order chi connectivity index (χ0) is 15.0. The second kappa shape index (κ2) is 4.97. The van der Waals surface area contributed by atoms with Crippen molar-refractivity contribution in [2.45, 2.75) is 6.43 Å². The molecule has 0 aliphatic rings. The molecule has 2 heterocycles. The Bertz CT molecular complexity index is 808. The summed E-state index contributed by atoms with van der Waals surface area (Å²) in [4.78, 5) is 18.3. The van der Waals surface area contributed by atoms with Gasteiger partial charge < -0.3 is 10.3 Å². The predicted molar refractivity (Wildman–Crippen MR) is 72.2 cm³/mol. The van der Waals surface area contributed by atoms with Crippen LogP contribution in [0.4, 0.5) is 14.5 Å². The van der Waals surface area contributed by atoms with Crippen molar-refractivity contribution in [2.75, 3.05) is 5.32 Å². The Balaban J connectivity index is 1.85. The van der Waals surface area contributed by atoms with Crippen LogP contribution in [0.5, 0.6) is 0 Å². The summed E-state index contributed by atoms with van der Waals surface area (Å²) in [5.41, 5.74) is 1.76. The SMILES string of the molecule is Cn1cc(C(=O)Nc2ccc3nc(C(F)F)[nH]c3c2)cn1. The van der Waals surface area contributed by atoms with Crippen LogP contribution in [0, 0.1) is 0 Å². The fraction of sp³-hybridized carbons (Fsp3) is 0.154. The van der Waals surface area contributed by atoms with Crippen LogP contribution >= 0.6 is 0 Å². The molecule has 3 aromatic rings. The summed E-state index contributed by atoms with van der Waals surface area (Å²) in [7, 11) is 1.71. The Kier molecular flexibility index (Phi) is 3.13. The highest BCUT2D eigenvalue weighted by atomic mass is 19.3.